The van der Waals surface area contributed by atoms with Gasteiger partial charge < -0.3 is 9.52 Å². The van der Waals surface area contributed by atoms with Crippen molar-refractivity contribution in [2.75, 3.05) is 0 Å². The van der Waals surface area contributed by atoms with E-state index in [-0.39, 0.29) is 6.42 Å². The average Bonchev–Trinajstić information content (AvgIpc) is 2.71. The van der Waals surface area contributed by atoms with Gasteiger partial charge in [0, 0.05) is 12.4 Å². The third-order valence-corrected chi connectivity index (χ3v) is 1.68. The quantitative estimate of drug-likeness (QED) is 0.795. The van der Waals surface area contributed by atoms with Crippen LogP contribution in [0.2, 0.25) is 0 Å². The smallest absolute Gasteiger partial charge is 0.307 e. The van der Waals surface area contributed by atoms with Crippen LogP contribution in [0, 0.1) is 0 Å². The minimum Gasteiger partial charge on any atom is -0.481 e. The highest BCUT2D eigenvalue weighted by molar-refractivity contribution is 5.69. The highest BCUT2D eigenvalue weighted by atomic mass is 16.4. The maximum absolute atomic E-state index is 10.4. The first kappa shape index (κ1) is 9.32. The van der Waals surface area contributed by atoms with Crippen molar-refractivity contribution in [3.8, 4) is 11.7 Å². The molecule has 0 amide bonds. The second-order valence-electron chi connectivity index (χ2n) is 2.82. The van der Waals surface area contributed by atoms with E-state index in [1.807, 2.05) is 0 Å². The second-order valence-corrected chi connectivity index (χ2v) is 2.82. The fourth-order valence-electron chi connectivity index (χ4n) is 1.06. The molecule has 1 N–H and O–H groups in total. The number of hydrogen-bond acceptors (Lipinski definition) is 5. The van der Waals surface area contributed by atoms with E-state index in [1.54, 1.807) is 0 Å². The molecule has 15 heavy (non-hydrogen) atoms. The lowest BCUT2D eigenvalue weighted by Crippen LogP contribution is -2.01. The Bertz CT molecular complexity index is 450. The molecule has 0 saturated carbocycles. The highest BCUT2D eigenvalue weighted by Crippen LogP contribution is 2.10. The summed E-state index contributed by atoms with van der Waals surface area (Å²) in [5.74, 6) is -0.256. The van der Waals surface area contributed by atoms with Gasteiger partial charge in [-0.25, -0.2) is 15.0 Å². The first-order chi connectivity index (χ1) is 7.25. The van der Waals surface area contributed by atoms with Crippen molar-refractivity contribution in [3.05, 3.63) is 30.4 Å². The molecule has 6 heteroatoms. The van der Waals surface area contributed by atoms with Crippen LogP contribution in [0.15, 0.2) is 29.3 Å². The van der Waals surface area contributed by atoms with Crippen molar-refractivity contribution in [2.24, 2.45) is 0 Å². The van der Waals surface area contributed by atoms with Gasteiger partial charge in [-0.2, -0.15) is 0 Å². The van der Waals surface area contributed by atoms with Gasteiger partial charge in [0.2, 0.25) is 5.82 Å². The van der Waals surface area contributed by atoms with Crippen molar-refractivity contribution < 1.29 is 14.3 Å². The number of aromatic nitrogens is 3. The van der Waals surface area contributed by atoms with Gasteiger partial charge in [-0.3, -0.25) is 4.79 Å². The Morgan fingerprint density at radius 1 is 1.33 bits per heavy atom. The molecule has 76 valence electrons. The zero-order chi connectivity index (χ0) is 10.7. The molecule has 0 fully saturated rings. The topological polar surface area (TPSA) is 89.1 Å². The van der Waals surface area contributed by atoms with Gasteiger partial charge in [0.1, 0.15) is 6.26 Å². The summed E-state index contributed by atoms with van der Waals surface area (Å²) >= 11 is 0. The number of carboxylic acid groups (broad SMARTS) is 1. The Morgan fingerprint density at radius 3 is 2.60 bits per heavy atom. The third kappa shape index (κ3) is 2.16. The number of carbonyl (C=O) groups is 1. The van der Waals surface area contributed by atoms with Crippen LogP contribution in [0.5, 0.6) is 0 Å². The maximum atomic E-state index is 10.4. The van der Waals surface area contributed by atoms with E-state index in [0.717, 1.165) is 0 Å². The molecule has 0 aliphatic rings. The molecular weight excluding hydrogens is 198 g/mol. The zero-order valence-electron chi connectivity index (χ0n) is 7.62. The van der Waals surface area contributed by atoms with E-state index in [0.29, 0.717) is 17.3 Å². The lowest BCUT2D eigenvalue weighted by atomic mass is 10.2. The average molecular weight is 205 g/mol. The van der Waals surface area contributed by atoms with E-state index < -0.39 is 5.97 Å². The molecule has 2 rings (SSSR count). The van der Waals surface area contributed by atoms with Crippen LogP contribution in [-0.2, 0) is 11.2 Å². The standard InChI is InChI=1S/C9H7N3O3/c13-7(14)3-6-4-11-8(12-5-6)9-10-1-2-15-9/h1-2,4-5H,3H2,(H,13,14). The molecule has 6 nitrogen and oxygen atoms in total. The van der Waals surface area contributed by atoms with Crippen molar-refractivity contribution in [1.82, 2.24) is 15.0 Å². The van der Waals surface area contributed by atoms with Gasteiger partial charge in [0.15, 0.2) is 0 Å². The second kappa shape index (κ2) is 3.87. The largest absolute Gasteiger partial charge is 0.481 e. The molecule has 0 bridgehead atoms. The van der Waals surface area contributed by atoms with Crippen LogP contribution < -0.4 is 0 Å². The van der Waals surface area contributed by atoms with Gasteiger partial charge in [-0.05, 0) is 5.56 Å². The molecule has 0 aliphatic heterocycles. The predicted octanol–water partition coefficient (Wildman–Crippen LogP) is 0.759. The van der Waals surface area contributed by atoms with Gasteiger partial charge in [0.25, 0.3) is 5.89 Å². The van der Waals surface area contributed by atoms with Crippen LogP contribution in [0.3, 0.4) is 0 Å². The van der Waals surface area contributed by atoms with Gasteiger partial charge in [-0.1, -0.05) is 0 Å². The normalized spacial score (nSPS) is 10.1. The Balaban J connectivity index is 2.21. The lowest BCUT2D eigenvalue weighted by molar-refractivity contribution is -0.136. The summed E-state index contributed by atoms with van der Waals surface area (Å²) in [4.78, 5) is 22.2. The third-order valence-electron chi connectivity index (χ3n) is 1.68. The van der Waals surface area contributed by atoms with E-state index >= 15 is 0 Å². The number of hydrogen-bond donors (Lipinski definition) is 1. The van der Waals surface area contributed by atoms with E-state index in [4.69, 9.17) is 9.52 Å². The van der Waals surface area contributed by atoms with Crippen molar-refractivity contribution >= 4 is 5.97 Å². The van der Waals surface area contributed by atoms with E-state index in [9.17, 15) is 4.79 Å². The van der Waals surface area contributed by atoms with Crippen LogP contribution in [0.25, 0.3) is 11.7 Å². The van der Waals surface area contributed by atoms with Crippen LogP contribution in [-0.4, -0.2) is 26.0 Å². The molecule has 2 aromatic heterocycles. The minimum absolute atomic E-state index is 0.0914. The Hall–Kier alpha value is -2.24. The van der Waals surface area contributed by atoms with Crippen LogP contribution in [0.1, 0.15) is 5.56 Å². The first-order valence-electron chi connectivity index (χ1n) is 4.18. The highest BCUT2D eigenvalue weighted by Gasteiger charge is 2.06. The van der Waals surface area contributed by atoms with E-state index in [2.05, 4.69) is 15.0 Å². The fraction of sp³-hybridized carbons (Fsp3) is 0.111. The van der Waals surface area contributed by atoms with Crippen molar-refractivity contribution in [2.45, 2.75) is 6.42 Å². The molecule has 2 aromatic rings. The summed E-state index contributed by atoms with van der Waals surface area (Å²) in [5.41, 5.74) is 0.540. The predicted molar refractivity (Wildman–Crippen MR) is 48.9 cm³/mol. The first-order valence-corrected chi connectivity index (χ1v) is 4.18. The molecule has 0 atom stereocenters. The summed E-state index contributed by atoms with van der Waals surface area (Å²) in [7, 11) is 0. The molecule has 0 saturated heterocycles. The molecule has 0 aliphatic carbocycles. The summed E-state index contributed by atoms with van der Waals surface area (Å²) < 4.78 is 4.99. The molecule has 2 heterocycles. The lowest BCUT2D eigenvalue weighted by Gasteiger charge is -1.96. The van der Waals surface area contributed by atoms with E-state index in [1.165, 1.54) is 24.9 Å². The number of nitrogens with zero attached hydrogens (tertiary/aromatic N) is 3. The summed E-state index contributed by atoms with van der Waals surface area (Å²) in [6, 6.07) is 0. The number of carboxylic acids is 1. The number of aliphatic carboxylic acids is 1. The number of oxazole rings is 1. The summed E-state index contributed by atoms with van der Waals surface area (Å²) in [5, 5.41) is 8.53. The zero-order valence-corrected chi connectivity index (χ0v) is 7.62. The van der Waals surface area contributed by atoms with Crippen molar-refractivity contribution in [1.29, 1.82) is 0 Å². The fourth-order valence-corrected chi connectivity index (χ4v) is 1.06. The van der Waals surface area contributed by atoms with Crippen LogP contribution >= 0.6 is 0 Å². The van der Waals surface area contributed by atoms with Crippen LogP contribution in [0.4, 0.5) is 0 Å². The SMILES string of the molecule is O=C(O)Cc1cnc(-c2ncco2)nc1. The number of rotatable bonds is 3. The molecule has 0 unspecified atom stereocenters. The Morgan fingerprint density at radius 2 is 2.07 bits per heavy atom. The summed E-state index contributed by atoms with van der Waals surface area (Å²) in [6.07, 6.45) is 5.71. The van der Waals surface area contributed by atoms with Gasteiger partial charge in [0.05, 0.1) is 12.6 Å². The van der Waals surface area contributed by atoms with Crippen molar-refractivity contribution in [3.63, 3.8) is 0 Å². The molecule has 0 spiro atoms. The monoisotopic (exact) mass is 205 g/mol. The maximum Gasteiger partial charge on any atom is 0.307 e. The van der Waals surface area contributed by atoms with Gasteiger partial charge in [-0.15, -0.1) is 0 Å². The molecule has 0 radical (unpaired) electrons. The Labute approximate surface area is 84.6 Å². The minimum atomic E-state index is -0.914. The molecule has 0 aromatic carbocycles. The molecular formula is C9H7N3O3. The van der Waals surface area contributed by atoms with Gasteiger partial charge >= 0.3 is 5.97 Å². The Kier molecular flexibility index (Phi) is 2.40. The summed E-state index contributed by atoms with van der Waals surface area (Å²) in [6.45, 7) is 0.